The quantitative estimate of drug-likeness (QED) is 0.305. The molecule has 1 heterocycles. The van der Waals surface area contributed by atoms with Crippen LogP contribution in [0.15, 0.2) is 17.5 Å². The molecule has 78 valence electrons. The minimum atomic E-state index is -1.39. The molecule has 0 spiro atoms. The SMILES string of the molecule is CC([O-])=NC(Cc1c[n-]cn1)C(=O)[O-].[Bi+3]. The van der Waals surface area contributed by atoms with Crippen LogP contribution in [0.25, 0.3) is 0 Å². The van der Waals surface area contributed by atoms with Gasteiger partial charge in [-0.25, -0.2) is 0 Å². The summed E-state index contributed by atoms with van der Waals surface area (Å²) < 4.78 is 0. The molecule has 1 atom stereocenters. The molecule has 1 aromatic rings. The van der Waals surface area contributed by atoms with Gasteiger partial charge in [0.1, 0.15) is 0 Å². The fourth-order valence-electron chi connectivity index (χ4n) is 0.965. The number of carbonyl (C=O) groups is 1. The molecule has 0 saturated carbocycles. The third kappa shape index (κ3) is 4.88. The molecule has 0 amide bonds. The maximum atomic E-state index is 10.6. The Bertz CT molecular complexity index is 333. The van der Waals surface area contributed by atoms with Gasteiger partial charge in [-0.2, -0.15) is 0 Å². The molecule has 1 rings (SSSR count). The second-order valence-corrected chi connectivity index (χ2v) is 2.70. The molecule has 0 aromatic carbocycles. The molecule has 2 radical (unpaired) electrons. The van der Waals surface area contributed by atoms with Crippen molar-refractivity contribution in [1.82, 2.24) is 9.97 Å². The second-order valence-electron chi connectivity index (χ2n) is 2.70. The Hall–Kier alpha value is -0.967. The number of carboxylic acids is 1. The summed E-state index contributed by atoms with van der Waals surface area (Å²) in [6, 6.07) is -1.18. The zero-order valence-corrected chi connectivity index (χ0v) is 11.4. The van der Waals surface area contributed by atoms with E-state index in [4.69, 9.17) is 0 Å². The van der Waals surface area contributed by atoms with Gasteiger partial charge in [-0.05, 0) is 19.2 Å². The Morgan fingerprint density at radius 3 is 2.73 bits per heavy atom. The number of hydrogen-bond acceptors (Lipinski definition) is 5. The van der Waals surface area contributed by atoms with Gasteiger partial charge in [0.05, 0.1) is 12.0 Å². The summed E-state index contributed by atoms with van der Waals surface area (Å²) in [6.45, 7) is 1.19. The summed E-state index contributed by atoms with van der Waals surface area (Å²) in [7, 11) is 0. The number of aliphatic imine (C=N–C) groups is 1. The van der Waals surface area contributed by atoms with E-state index in [2.05, 4.69) is 15.0 Å². The van der Waals surface area contributed by atoms with E-state index in [9.17, 15) is 15.0 Å². The molecule has 0 aliphatic rings. The zero-order valence-electron chi connectivity index (χ0n) is 7.95. The Morgan fingerprint density at radius 2 is 2.33 bits per heavy atom. The van der Waals surface area contributed by atoms with Crippen LogP contribution in [0.4, 0.5) is 0 Å². The van der Waals surface area contributed by atoms with Crippen LogP contribution in [0, 0.1) is 0 Å². The van der Waals surface area contributed by atoms with Gasteiger partial charge in [-0.15, -0.1) is 0 Å². The number of carboxylic acid groups (broad SMARTS) is 1. The number of aromatic nitrogens is 2. The molecular weight excluding hydrogens is 395 g/mol. The van der Waals surface area contributed by atoms with Gasteiger partial charge in [0.2, 0.25) is 0 Å². The molecule has 1 aromatic heterocycles. The number of nitrogens with zero attached hydrogens (tertiary/aromatic N) is 3. The van der Waals surface area contributed by atoms with Crippen molar-refractivity contribution in [2.75, 3.05) is 0 Å². The van der Waals surface area contributed by atoms with Crippen molar-refractivity contribution in [1.29, 1.82) is 0 Å². The van der Waals surface area contributed by atoms with Gasteiger partial charge >= 0.3 is 26.2 Å². The van der Waals surface area contributed by atoms with Crippen LogP contribution in [0.2, 0.25) is 0 Å². The maximum absolute atomic E-state index is 10.6. The molecule has 0 aliphatic carbocycles. The Morgan fingerprint density at radius 1 is 1.67 bits per heavy atom. The van der Waals surface area contributed by atoms with E-state index in [-0.39, 0.29) is 32.6 Å². The first kappa shape index (κ1) is 14.0. The fraction of sp³-hybridized carbons (Fsp3) is 0.375. The third-order valence-corrected chi connectivity index (χ3v) is 1.53. The van der Waals surface area contributed by atoms with Gasteiger partial charge < -0.3 is 25.0 Å². The Labute approximate surface area is 106 Å². The van der Waals surface area contributed by atoms with Crippen LogP contribution < -0.4 is 15.2 Å². The van der Waals surface area contributed by atoms with Gasteiger partial charge in [-0.1, -0.05) is 18.2 Å². The average Bonchev–Trinajstić information content (AvgIpc) is 2.54. The molecule has 7 heteroatoms. The molecule has 0 bridgehead atoms. The molecule has 0 saturated heterocycles. The van der Waals surface area contributed by atoms with Crippen molar-refractivity contribution < 1.29 is 15.0 Å². The first-order chi connectivity index (χ1) is 6.59. The van der Waals surface area contributed by atoms with Crippen LogP contribution in [-0.4, -0.2) is 49.1 Å². The van der Waals surface area contributed by atoms with E-state index < -0.39 is 17.9 Å². The molecule has 0 aliphatic heterocycles. The summed E-state index contributed by atoms with van der Waals surface area (Å²) in [5, 5.41) is 21.1. The van der Waals surface area contributed by atoms with Gasteiger partial charge in [0.15, 0.2) is 0 Å². The molecule has 1 unspecified atom stereocenters. The number of aliphatic carboxylic acids is 1. The molecular formula is C8H8BiN3O3. The van der Waals surface area contributed by atoms with Crippen LogP contribution in [0.5, 0.6) is 0 Å². The van der Waals surface area contributed by atoms with E-state index in [1.165, 1.54) is 19.4 Å². The summed E-state index contributed by atoms with van der Waals surface area (Å²) in [4.78, 5) is 21.4. The van der Waals surface area contributed by atoms with E-state index >= 15 is 0 Å². The van der Waals surface area contributed by atoms with Gasteiger partial charge in [0, 0.05) is 0 Å². The second kappa shape index (κ2) is 6.50. The number of imidazole rings is 1. The Kier molecular flexibility index (Phi) is 6.09. The van der Waals surface area contributed by atoms with Crippen LogP contribution in [0.3, 0.4) is 0 Å². The van der Waals surface area contributed by atoms with Crippen molar-refractivity contribution in [3.05, 3.63) is 18.2 Å². The predicted octanol–water partition coefficient (Wildman–Crippen LogP) is -2.90. The van der Waals surface area contributed by atoms with Crippen molar-refractivity contribution >= 4 is 38.1 Å². The Balaban J connectivity index is 0.00000196. The number of rotatable bonds is 4. The van der Waals surface area contributed by atoms with Gasteiger partial charge in [-0.3, -0.25) is 4.99 Å². The number of carbonyl (C=O) groups excluding carboxylic acids is 1. The molecule has 6 nitrogen and oxygen atoms in total. The smallest absolute Gasteiger partial charge is 0.862 e. The van der Waals surface area contributed by atoms with E-state index in [1.807, 2.05) is 0 Å². The van der Waals surface area contributed by atoms with Crippen molar-refractivity contribution in [3.8, 4) is 0 Å². The minimum Gasteiger partial charge on any atom is -0.862 e. The minimum absolute atomic E-state index is 0. The average molecular weight is 403 g/mol. The maximum Gasteiger partial charge on any atom is 3.00 e. The van der Waals surface area contributed by atoms with Crippen molar-refractivity contribution in [3.63, 3.8) is 0 Å². The zero-order chi connectivity index (χ0) is 10.6. The standard InChI is InChI=1S/C8H11N3O3.Bi/c1-5(12)11-7(8(13)14)2-6-3-9-4-10-6;/h3-4,7H,2H2,1H3,(H3,9,10,11,12,13,14);/q;+3/p-3. The van der Waals surface area contributed by atoms with Gasteiger partial charge in [0.25, 0.3) is 0 Å². The van der Waals surface area contributed by atoms with Crippen molar-refractivity contribution in [2.45, 2.75) is 19.4 Å². The normalized spacial score (nSPS) is 13.0. The number of hydrogen-bond donors (Lipinski definition) is 0. The first-order valence-corrected chi connectivity index (χ1v) is 3.93. The largest absolute Gasteiger partial charge is 3.00 e. The summed E-state index contributed by atoms with van der Waals surface area (Å²) in [5.41, 5.74) is 0.476. The summed E-state index contributed by atoms with van der Waals surface area (Å²) in [6.07, 6.45) is 2.75. The van der Waals surface area contributed by atoms with E-state index in [1.54, 1.807) is 0 Å². The predicted molar refractivity (Wildman–Crippen MR) is 48.9 cm³/mol. The summed E-state index contributed by atoms with van der Waals surface area (Å²) >= 11 is 0. The first-order valence-electron chi connectivity index (χ1n) is 3.93. The molecule has 0 fully saturated rings. The third-order valence-electron chi connectivity index (χ3n) is 1.53. The molecule has 15 heavy (non-hydrogen) atoms. The van der Waals surface area contributed by atoms with Crippen molar-refractivity contribution in [2.24, 2.45) is 4.99 Å². The van der Waals surface area contributed by atoms with E-state index in [0.717, 1.165) is 0 Å². The summed E-state index contributed by atoms with van der Waals surface area (Å²) in [5.74, 6) is -1.93. The topological polar surface area (TPSA) is 103 Å². The van der Waals surface area contributed by atoms with Crippen LogP contribution in [-0.2, 0) is 11.2 Å². The van der Waals surface area contributed by atoms with Crippen LogP contribution in [0.1, 0.15) is 12.6 Å². The monoisotopic (exact) mass is 403 g/mol. The van der Waals surface area contributed by atoms with E-state index in [0.29, 0.717) is 5.69 Å². The van der Waals surface area contributed by atoms with Crippen LogP contribution >= 0.6 is 0 Å². The fourth-order valence-corrected chi connectivity index (χ4v) is 0.965. The molecule has 0 N–H and O–H groups in total.